The van der Waals surface area contributed by atoms with Crippen molar-refractivity contribution in [1.82, 2.24) is 10.3 Å². The van der Waals surface area contributed by atoms with Crippen LogP contribution in [0.3, 0.4) is 0 Å². The summed E-state index contributed by atoms with van der Waals surface area (Å²) in [5.74, 6) is 0.721. The van der Waals surface area contributed by atoms with Gasteiger partial charge in [0.1, 0.15) is 0 Å². The number of aromatic nitrogens is 1. The SMILES string of the molecule is CC(C)CCOCCN[C@H](C)c1ccncc1. The molecule has 0 spiro atoms. The van der Waals surface area contributed by atoms with E-state index < -0.39 is 0 Å². The summed E-state index contributed by atoms with van der Waals surface area (Å²) in [5.41, 5.74) is 1.27. The molecular formula is C14H24N2O. The molecule has 3 heteroatoms. The molecule has 0 aliphatic carbocycles. The van der Waals surface area contributed by atoms with E-state index in [-0.39, 0.29) is 0 Å². The first-order valence-electron chi connectivity index (χ1n) is 6.41. The second-order valence-electron chi connectivity index (χ2n) is 4.75. The van der Waals surface area contributed by atoms with E-state index in [0.29, 0.717) is 6.04 Å². The van der Waals surface area contributed by atoms with E-state index in [4.69, 9.17) is 4.74 Å². The van der Waals surface area contributed by atoms with Gasteiger partial charge >= 0.3 is 0 Å². The first kappa shape index (κ1) is 14.1. The van der Waals surface area contributed by atoms with Gasteiger partial charge in [0.25, 0.3) is 0 Å². The molecule has 1 rings (SSSR count). The third-order valence-electron chi connectivity index (χ3n) is 2.74. The number of hydrogen-bond acceptors (Lipinski definition) is 3. The summed E-state index contributed by atoms with van der Waals surface area (Å²) < 4.78 is 5.56. The zero-order valence-electron chi connectivity index (χ0n) is 11.1. The third kappa shape index (κ3) is 6.39. The Bertz CT molecular complexity index is 288. The maximum absolute atomic E-state index is 5.56. The summed E-state index contributed by atoms with van der Waals surface area (Å²) in [5, 5.41) is 3.43. The topological polar surface area (TPSA) is 34.1 Å². The number of pyridine rings is 1. The van der Waals surface area contributed by atoms with Crippen molar-refractivity contribution in [3.05, 3.63) is 30.1 Å². The fourth-order valence-electron chi connectivity index (χ4n) is 1.54. The highest BCUT2D eigenvalue weighted by atomic mass is 16.5. The minimum Gasteiger partial charge on any atom is -0.380 e. The van der Waals surface area contributed by atoms with E-state index in [1.807, 2.05) is 24.5 Å². The molecule has 0 aliphatic rings. The van der Waals surface area contributed by atoms with Gasteiger partial charge in [0.05, 0.1) is 6.61 Å². The van der Waals surface area contributed by atoms with Gasteiger partial charge in [0.15, 0.2) is 0 Å². The Kier molecular flexibility index (Phi) is 6.82. The average molecular weight is 236 g/mol. The van der Waals surface area contributed by atoms with Crippen molar-refractivity contribution in [3.8, 4) is 0 Å². The molecule has 1 atom stereocenters. The molecule has 1 N–H and O–H groups in total. The molecule has 0 radical (unpaired) electrons. The molecule has 0 saturated heterocycles. The lowest BCUT2D eigenvalue weighted by molar-refractivity contribution is 0.123. The highest BCUT2D eigenvalue weighted by Gasteiger charge is 2.02. The fourth-order valence-corrected chi connectivity index (χ4v) is 1.54. The molecule has 0 amide bonds. The van der Waals surface area contributed by atoms with Crippen LogP contribution in [0.25, 0.3) is 0 Å². The van der Waals surface area contributed by atoms with Crippen molar-refractivity contribution in [2.24, 2.45) is 5.92 Å². The molecule has 0 aliphatic heterocycles. The fraction of sp³-hybridized carbons (Fsp3) is 0.643. The zero-order chi connectivity index (χ0) is 12.5. The number of nitrogens with one attached hydrogen (secondary N) is 1. The van der Waals surface area contributed by atoms with Gasteiger partial charge in [-0.3, -0.25) is 4.98 Å². The van der Waals surface area contributed by atoms with E-state index >= 15 is 0 Å². The minimum absolute atomic E-state index is 0.353. The average Bonchev–Trinajstić information content (AvgIpc) is 2.34. The predicted molar refractivity (Wildman–Crippen MR) is 70.9 cm³/mol. The first-order chi connectivity index (χ1) is 8.20. The molecule has 1 aromatic heterocycles. The quantitative estimate of drug-likeness (QED) is 0.705. The van der Waals surface area contributed by atoms with Crippen molar-refractivity contribution in [2.75, 3.05) is 19.8 Å². The molecule has 17 heavy (non-hydrogen) atoms. The lowest BCUT2D eigenvalue weighted by Gasteiger charge is -2.14. The van der Waals surface area contributed by atoms with Crippen LogP contribution >= 0.6 is 0 Å². The molecule has 0 saturated carbocycles. The molecule has 0 bridgehead atoms. The van der Waals surface area contributed by atoms with Gasteiger partial charge in [-0.15, -0.1) is 0 Å². The summed E-state index contributed by atoms with van der Waals surface area (Å²) in [7, 11) is 0. The molecule has 0 unspecified atom stereocenters. The number of ether oxygens (including phenoxy) is 1. The lowest BCUT2D eigenvalue weighted by Crippen LogP contribution is -2.23. The number of rotatable bonds is 8. The smallest absolute Gasteiger partial charge is 0.0591 e. The monoisotopic (exact) mass is 236 g/mol. The minimum atomic E-state index is 0.353. The molecule has 3 nitrogen and oxygen atoms in total. The summed E-state index contributed by atoms with van der Waals surface area (Å²) in [6, 6.07) is 4.43. The highest BCUT2D eigenvalue weighted by Crippen LogP contribution is 2.09. The standard InChI is InChI=1S/C14H24N2O/c1-12(2)6-10-17-11-9-16-13(3)14-4-7-15-8-5-14/h4-5,7-8,12-13,16H,6,9-11H2,1-3H3/t13-/m1/s1. The van der Waals surface area contributed by atoms with Crippen molar-refractivity contribution in [1.29, 1.82) is 0 Å². The van der Waals surface area contributed by atoms with E-state index in [9.17, 15) is 0 Å². The Labute approximate surface area is 105 Å². The maximum Gasteiger partial charge on any atom is 0.0591 e. The van der Waals surface area contributed by atoms with Gasteiger partial charge in [-0.1, -0.05) is 13.8 Å². The molecule has 0 aromatic carbocycles. The van der Waals surface area contributed by atoms with E-state index in [1.54, 1.807) is 0 Å². The van der Waals surface area contributed by atoms with E-state index in [1.165, 1.54) is 5.56 Å². The van der Waals surface area contributed by atoms with Gasteiger partial charge in [0, 0.05) is 31.6 Å². The van der Waals surface area contributed by atoms with Crippen LogP contribution in [0.4, 0.5) is 0 Å². The van der Waals surface area contributed by atoms with Crippen LogP contribution in [-0.4, -0.2) is 24.7 Å². The van der Waals surface area contributed by atoms with Crippen molar-refractivity contribution >= 4 is 0 Å². The summed E-state index contributed by atoms with van der Waals surface area (Å²) >= 11 is 0. The van der Waals surface area contributed by atoms with Crippen LogP contribution in [0.1, 0.15) is 38.8 Å². The first-order valence-corrected chi connectivity index (χ1v) is 6.41. The van der Waals surface area contributed by atoms with Crippen LogP contribution in [0.2, 0.25) is 0 Å². The third-order valence-corrected chi connectivity index (χ3v) is 2.74. The largest absolute Gasteiger partial charge is 0.380 e. The summed E-state index contributed by atoms with van der Waals surface area (Å²) in [6.45, 7) is 9.12. The van der Waals surface area contributed by atoms with Gasteiger partial charge in [-0.05, 0) is 37.0 Å². The second-order valence-corrected chi connectivity index (χ2v) is 4.75. The Hall–Kier alpha value is -0.930. The molecule has 0 fully saturated rings. The van der Waals surface area contributed by atoms with Crippen molar-refractivity contribution < 1.29 is 4.74 Å². The van der Waals surface area contributed by atoms with Crippen LogP contribution < -0.4 is 5.32 Å². The van der Waals surface area contributed by atoms with Gasteiger partial charge in [0.2, 0.25) is 0 Å². The van der Waals surface area contributed by atoms with Gasteiger partial charge in [-0.2, -0.15) is 0 Å². The van der Waals surface area contributed by atoms with Gasteiger partial charge < -0.3 is 10.1 Å². The maximum atomic E-state index is 5.56. The number of nitrogens with zero attached hydrogens (tertiary/aromatic N) is 1. The summed E-state index contributed by atoms with van der Waals surface area (Å²) in [4.78, 5) is 4.01. The van der Waals surface area contributed by atoms with Crippen LogP contribution in [0.15, 0.2) is 24.5 Å². The second kappa shape index (κ2) is 8.20. The highest BCUT2D eigenvalue weighted by molar-refractivity contribution is 5.13. The Morgan fingerprint density at radius 3 is 2.53 bits per heavy atom. The van der Waals surface area contributed by atoms with Gasteiger partial charge in [-0.25, -0.2) is 0 Å². The molecular weight excluding hydrogens is 212 g/mol. The molecule has 1 heterocycles. The summed E-state index contributed by atoms with van der Waals surface area (Å²) in [6.07, 6.45) is 4.79. The predicted octanol–water partition coefficient (Wildman–Crippen LogP) is 2.79. The normalized spacial score (nSPS) is 12.9. The van der Waals surface area contributed by atoms with E-state index in [2.05, 4.69) is 31.1 Å². The zero-order valence-corrected chi connectivity index (χ0v) is 11.1. The van der Waals surface area contributed by atoms with Crippen molar-refractivity contribution in [3.63, 3.8) is 0 Å². The lowest BCUT2D eigenvalue weighted by atomic mass is 10.1. The Balaban J connectivity index is 2.07. The molecule has 96 valence electrons. The Morgan fingerprint density at radius 1 is 1.18 bits per heavy atom. The molecule has 1 aromatic rings. The Morgan fingerprint density at radius 2 is 1.88 bits per heavy atom. The van der Waals surface area contributed by atoms with Crippen LogP contribution in [0, 0.1) is 5.92 Å². The van der Waals surface area contributed by atoms with Crippen LogP contribution in [-0.2, 0) is 4.74 Å². The van der Waals surface area contributed by atoms with Crippen LogP contribution in [0.5, 0.6) is 0 Å². The van der Waals surface area contributed by atoms with Crippen molar-refractivity contribution in [2.45, 2.75) is 33.2 Å². The van der Waals surface area contributed by atoms with E-state index in [0.717, 1.165) is 32.1 Å². The number of hydrogen-bond donors (Lipinski definition) is 1.